The van der Waals surface area contributed by atoms with Crippen molar-refractivity contribution in [3.8, 4) is 0 Å². The Morgan fingerprint density at radius 2 is 2.05 bits per heavy atom. The second kappa shape index (κ2) is 5.15. The van der Waals surface area contributed by atoms with E-state index < -0.39 is 17.2 Å². The number of hydrogen-bond donors (Lipinski definition) is 1. The van der Waals surface area contributed by atoms with Crippen LogP contribution in [0.4, 0.5) is 5.13 Å². The Labute approximate surface area is 126 Å². The van der Waals surface area contributed by atoms with E-state index >= 15 is 0 Å². The fourth-order valence-corrected chi connectivity index (χ4v) is 2.43. The molecule has 0 spiro atoms. The standard InChI is InChI=1S/C12H10N6O3S/c1-17-8-7(10(20)18(2)12(17)21)3-6(4-13-8)9(19)15-11-16-14-5-22-11/h3-5H,1-2H3,(H,15,16,19). The van der Waals surface area contributed by atoms with Gasteiger partial charge in [0.15, 0.2) is 0 Å². The van der Waals surface area contributed by atoms with Crippen molar-refractivity contribution in [1.29, 1.82) is 0 Å². The molecule has 0 aliphatic carbocycles. The van der Waals surface area contributed by atoms with Crippen LogP contribution in [0.25, 0.3) is 11.0 Å². The van der Waals surface area contributed by atoms with Crippen LogP contribution < -0.4 is 16.6 Å². The summed E-state index contributed by atoms with van der Waals surface area (Å²) in [5.74, 6) is -0.456. The highest BCUT2D eigenvalue weighted by Crippen LogP contribution is 2.12. The first-order valence-electron chi connectivity index (χ1n) is 6.12. The van der Waals surface area contributed by atoms with Crippen LogP contribution in [0.3, 0.4) is 0 Å². The Bertz CT molecular complexity index is 988. The topological polar surface area (TPSA) is 112 Å². The number of nitrogens with one attached hydrogen (secondary N) is 1. The van der Waals surface area contributed by atoms with Crippen molar-refractivity contribution in [2.75, 3.05) is 5.32 Å². The molecule has 0 radical (unpaired) electrons. The van der Waals surface area contributed by atoms with E-state index in [9.17, 15) is 14.4 Å². The van der Waals surface area contributed by atoms with Crippen molar-refractivity contribution < 1.29 is 4.79 Å². The molecule has 112 valence electrons. The summed E-state index contributed by atoms with van der Waals surface area (Å²) in [7, 11) is 2.89. The lowest BCUT2D eigenvalue weighted by atomic mass is 10.2. The van der Waals surface area contributed by atoms with Gasteiger partial charge in [-0.2, -0.15) is 0 Å². The van der Waals surface area contributed by atoms with Gasteiger partial charge in [-0.1, -0.05) is 11.3 Å². The number of aromatic nitrogens is 5. The summed E-state index contributed by atoms with van der Waals surface area (Å²) in [5.41, 5.74) is 0.922. The number of carbonyl (C=O) groups is 1. The van der Waals surface area contributed by atoms with E-state index in [1.807, 2.05) is 0 Å². The molecule has 0 saturated carbocycles. The third kappa shape index (κ3) is 2.19. The molecule has 22 heavy (non-hydrogen) atoms. The van der Waals surface area contributed by atoms with E-state index in [4.69, 9.17) is 0 Å². The highest BCUT2D eigenvalue weighted by Gasteiger charge is 2.14. The Kier molecular flexibility index (Phi) is 3.29. The lowest BCUT2D eigenvalue weighted by molar-refractivity contribution is 0.102. The quantitative estimate of drug-likeness (QED) is 0.696. The van der Waals surface area contributed by atoms with Crippen LogP contribution in [0.15, 0.2) is 27.4 Å². The van der Waals surface area contributed by atoms with E-state index in [2.05, 4.69) is 20.5 Å². The highest BCUT2D eigenvalue weighted by atomic mass is 32.1. The third-order valence-corrected chi connectivity index (χ3v) is 3.74. The van der Waals surface area contributed by atoms with E-state index in [-0.39, 0.29) is 16.6 Å². The molecule has 10 heteroatoms. The minimum atomic E-state index is -0.504. The zero-order valence-corrected chi connectivity index (χ0v) is 12.4. The number of carbonyl (C=O) groups excluding carboxylic acids is 1. The van der Waals surface area contributed by atoms with Crippen LogP contribution in [0, 0.1) is 0 Å². The Hall–Kier alpha value is -2.88. The molecule has 1 amide bonds. The number of pyridine rings is 1. The SMILES string of the molecule is Cn1c(=O)c2cc(C(=O)Nc3nncs3)cnc2n(C)c1=O. The number of anilines is 1. The molecule has 9 nitrogen and oxygen atoms in total. The first-order chi connectivity index (χ1) is 10.5. The number of aryl methyl sites for hydroxylation is 1. The van der Waals surface area contributed by atoms with Crippen molar-refractivity contribution in [1.82, 2.24) is 24.3 Å². The molecule has 0 bridgehead atoms. The zero-order valence-electron chi connectivity index (χ0n) is 11.6. The second-order valence-electron chi connectivity index (χ2n) is 4.50. The molecule has 3 aromatic heterocycles. The summed E-state index contributed by atoms with van der Waals surface area (Å²) in [4.78, 5) is 40.1. The fourth-order valence-electron chi connectivity index (χ4n) is 1.99. The maximum atomic E-state index is 12.2. The first kappa shape index (κ1) is 14.1. The molecule has 0 aliphatic heterocycles. The molecule has 3 aromatic rings. The van der Waals surface area contributed by atoms with Crippen LogP contribution in [0.2, 0.25) is 0 Å². The first-order valence-corrected chi connectivity index (χ1v) is 7.00. The van der Waals surface area contributed by atoms with Gasteiger partial charge in [0.25, 0.3) is 11.5 Å². The van der Waals surface area contributed by atoms with Crippen molar-refractivity contribution in [2.24, 2.45) is 14.1 Å². The maximum absolute atomic E-state index is 12.2. The smallest absolute Gasteiger partial charge is 0.296 e. The Balaban J connectivity index is 2.12. The summed E-state index contributed by atoms with van der Waals surface area (Å²) in [6.07, 6.45) is 1.30. The number of rotatable bonds is 2. The van der Waals surface area contributed by atoms with Gasteiger partial charge in [0.05, 0.1) is 10.9 Å². The average Bonchev–Trinajstić information content (AvgIpc) is 3.03. The molecule has 3 heterocycles. The molecule has 0 aliphatic rings. The fraction of sp³-hybridized carbons (Fsp3) is 0.167. The summed E-state index contributed by atoms with van der Waals surface area (Å²) < 4.78 is 2.22. The largest absolute Gasteiger partial charge is 0.332 e. The summed E-state index contributed by atoms with van der Waals surface area (Å²) >= 11 is 1.17. The predicted molar refractivity (Wildman–Crippen MR) is 80.1 cm³/mol. The van der Waals surface area contributed by atoms with Crippen LogP contribution >= 0.6 is 11.3 Å². The highest BCUT2D eigenvalue weighted by molar-refractivity contribution is 7.13. The minimum Gasteiger partial charge on any atom is -0.296 e. The summed E-state index contributed by atoms with van der Waals surface area (Å²) in [6, 6.07) is 1.40. The van der Waals surface area contributed by atoms with Crippen molar-refractivity contribution in [3.05, 3.63) is 44.2 Å². The lowest BCUT2D eigenvalue weighted by Crippen LogP contribution is -2.37. The normalized spacial score (nSPS) is 10.8. The van der Waals surface area contributed by atoms with Crippen molar-refractivity contribution in [2.45, 2.75) is 0 Å². The van der Waals surface area contributed by atoms with Gasteiger partial charge in [0.1, 0.15) is 11.2 Å². The van der Waals surface area contributed by atoms with Gasteiger partial charge >= 0.3 is 5.69 Å². The van der Waals surface area contributed by atoms with Gasteiger partial charge in [-0.3, -0.25) is 24.0 Å². The Morgan fingerprint density at radius 3 is 2.73 bits per heavy atom. The molecule has 0 aromatic carbocycles. The molecule has 0 atom stereocenters. The second-order valence-corrected chi connectivity index (χ2v) is 5.33. The maximum Gasteiger partial charge on any atom is 0.332 e. The van der Waals surface area contributed by atoms with Gasteiger partial charge in [-0.05, 0) is 6.07 Å². The number of hydrogen-bond acceptors (Lipinski definition) is 7. The molecular formula is C12H10N6O3S. The van der Waals surface area contributed by atoms with E-state index in [0.717, 1.165) is 4.57 Å². The average molecular weight is 318 g/mol. The minimum absolute atomic E-state index is 0.189. The van der Waals surface area contributed by atoms with Crippen LogP contribution in [-0.2, 0) is 14.1 Å². The molecular weight excluding hydrogens is 308 g/mol. The molecule has 0 unspecified atom stereocenters. The van der Waals surface area contributed by atoms with Crippen molar-refractivity contribution in [3.63, 3.8) is 0 Å². The van der Waals surface area contributed by atoms with Gasteiger partial charge in [-0.15, -0.1) is 10.2 Å². The van der Waals surface area contributed by atoms with Crippen LogP contribution in [0.5, 0.6) is 0 Å². The Morgan fingerprint density at radius 1 is 1.27 bits per heavy atom. The zero-order chi connectivity index (χ0) is 15.9. The van der Waals surface area contributed by atoms with E-state index in [1.54, 1.807) is 0 Å². The predicted octanol–water partition coefficient (Wildman–Crippen LogP) is -0.264. The van der Waals surface area contributed by atoms with Crippen LogP contribution in [0.1, 0.15) is 10.4 Å². The number of amides is 1. The monoisotopic (exact) mass is 318 g/mol. The number of nitrogens with zero attached hydrogens (tertiary/aromatic N) is 5. The van der Waals surface area contributed by atoms with Gasteiger partial charge in [0, 0.05) is 20.3 Å². The molecule has 0 saturated heterocycles. The van der Waals surface area contributed by atoms with Crippen LogP contribution in [-0.4, -0.2) is 30.2 Å². The van der Waals surface area contributed by atoms with Gasteiger partial charge in [-0.25, -0.2) is 9.78 Å². The van der Waals surface area contributed by atoms with E-state index in [1.165, 1.54) is 47.8 Å². The molecule has 0 fully saturated rings. The lowest BCUT2D eigenvalue weighted by Gasteiger charge is -2.07. The number of fused-ring (bicyclic) bond motifs is 1. The molecule has 3 rings (SSSR count). The summed E-state index contributed by atoms with van der Waals surface area (Å²) in [5, 5.41) is 10.4. The third-order valence-electron chi connectivity index (χ3n) is 3.14. The van der Waals surface area contributed by atoms with Crippen molar-refractivity contribution >= 4 is 33.4 Å². The van der Waals surface area contributed by atoms with Gasteiger partial charge in [0.2, 0.25) is 5.13 Å². The van der Waals surface area contributed by atoms with Gasteiger partial charge < -0.3 is 0 Å². The summed E-state index contributed by atoms with van der Waals surface area (Å²) in [6.45, 7) is 0. The molecule has 1 N–H and O–H groups in total. The van der Waals surface area contributed by atoms with E-state index in [0.29, 0.717) is 5.13 Å².